The first-order chi connectivity index (χ1) is 19.6. The topological polar surface area (TPSA) is 122 Å². The highest BCUT2D eigenvalue weighted by atomic mass is 35.5. The molecule has 3 N–H and O–H groups in total. The fourth-order valence-corrected chi connectivity index (χ4v) is 4.75. The van der Waals surface area contributed by atoms with Gasteiger partial charge in [0.05, 0.1) is 12.2 Å². The van der Waals surface area contributed by atoms with E-state index < -0.39 is 5.41 Å². The third kappa shape index (κ3) is 8.55. The molecule has 0 bridgehead atoms. The van der Waals surface area contributed by atoms with Crippen molar-refractivity contribution >= 4 is 29.1 Å². The minimum atomic E-state index is -0.548. The monoisotopic (exact) mass is 580 g/mol. The van der Waals surface area contributed by atoms with Gasteiger partial charge in [0.25, 0.3) is 11.8 Å². The van der Waals surface area contributed by atoms with Crippen LogP contribution in [-0.4, -0.2) is 60.2 Å². The molecule has 0 saturated carbocycles. The number of hydrogen-bond acceptors (Lipinski definition) is 8. The van der Waals surface area contributed by atoms with Crippen LogP contribution in [0, 0.1) is 5.41 Å². The van der Waals surface area contributed by atoms with Crippen molar-refractivity contribution in [1.82, 2.24) is 25.7 Å². The van der Waals surface area contributed by atoms with Crippen molar-refractivity contribution < 1.29 is 18.7 Å². The molecule has 218 valence electrons. The summed E-state index contributed by atoms with van der Waals surface area (Å²) < 4.78 is 11.6. The summed E-state index contributed by atoms with van der Waals surface area (Å²) in [6.07, 6.45) is 1.08. The Balaban J connectivity index is 1.47. The Labute approximate surface area is 245 Å². The lowest BCUT2D eigenvalue weighted by Crippen LogP contribution is -2.37. The molecule has 0 spiro atoms. The minimum Gasteiger partial charge on any atom is -0.493 e. The summed E-state index contributed by atoms with van der Waals surface area (Å²) >= 11 is 6.19. The van der Waals surface area contributed by atoms with Crippen molar-refractivity contribution in [1.29, 1.82) is 0 Å². The molecule has 0 atom stereocenters. The SMILES string of the molecule is CCOc1ccc(Cl)cc1-c1nnc(CC(C)(C)CC(=O)N/C(C(=O)Nc2ccccc2)=C2\CCN(C)CCN2)o1. The number of hydrogen-bond donors (Lipinski definition) is 3. The lowest BCUT2D eigenvalue weighted by molar-refractivity contribution is -0.124. The molecular weight excluding hydrogens is 544 g/mol. The summed E-state index contributed by atoms with van der Waals surface area (Å²) in [5, 5.41) is 18.1. The second kappa shape index (κ2) is 13.6. The molecule has 0 aliphatic carbocycles. The van der Waals surface area contributed by atoms with Crippen LogP contribution >= 0.6 is 11.6 Å². The second-order valence-corrected chi connectivity index (χ2v) is 11.2. The smallest absolute Gasteiger partial charge is 0.273 e. The highest BCUT2D eigenvalue weighted by molar-refractivity contribution is 6.30. The summed E-state index contributed by atoms with van der Waals surface area (Å²) in [6, 6.07) is 14.4. The van der Waals surface area contributed by atoms with Crippen LogP contribution in [0.15, 0.2) is 64.3 Å². The van der Waals surface area contributed by atoms with E-state index in [2.05, 4.69) is 31.0 Å². The van der Waals surface area contributed by atoms with Gasteiger partial charge in [-0.25, -0.2) is 0 Å². The highest BCUT2D eigenvalue weighted by Crippen LogP contribution is 2.33. The number of amides is 2. The quantitative estimate of drug-likeness (QED) is 0.297. The molecule has 41 heavy (non-hydrogen) atoms. The average molecular weight is 581 g/mol. The predicted octanol–water partition coefficient (Wildman–Crippen LogP) is 4.64. The van der Waals surface area contributed by atoms with Gasteiger partial charge in [-0.15, -0.1) is 10.2 Å². The molecule has 10 nitrogen and oxygen atoms in total. The Morgan fingerprint density at radius 2 is 1.93 bits per heavy atom. The Hall–Kier alpha value is -3.89. The zero-order valence-electron chi connectivity index (χ0n) is 23.9. The highest BCUT2D eigenvalue weighted by Gasteiger charge is 2.28. The van der Waals surface area contributed by atoms with Crippen molar-refractivity contribution in [2.24, 2.45) is 5.41 Å². The number of nitrogens with zero attached hydrogens (tertiary/aromatic N) is 3. The van der Waals surface area contributed by atoms with E-state index in [0.717, 1.165) is 13.1 Å². The van der Waals surface area contributed by atoms with E-state index in [0.29, 0.717) is 65.5 Å². The van der Waals surface area contributed by atoms with Gasteiger partial charge in [-0.2, -0.15) is 0 Å². The number of para-hydroxylation sites is 1. The summed E-state index contributed by atoms with van der Waals surface area (Å²) in [5.41, 5.74) is 1.65. The Morgan fingerprint density at radius 1 is 1.15 bits per heavy atom. The average Bonchev–Trinajstić information content (AvgIpc) is 3.27. The van der Waals surface area contributed by atoms with Gasteiger partial charge in [0.15, 0.2) is 0 Å². The normalized spacial score (nSPS) is 15.4. The molecule has 11 heteroatoms. The number of likely N-dealkylation sites (N-methyl/N-ethyl adjacent to an activating group) is 1. The Kier molecular flexibility index (Phi) is 10.0. The van der Waals surface area contributed by atoms with Gasteiger partial charge in [-0.1, -0.05) is 43.6 Å². The first-order valence-corrected chi connectivity index (χ1v) is 14.1. The first kappa shape index (κ1) is 30.1. The van der Waals surface area contributed by atoms with Crippen LogP contribution < -0.4 is 20.7 Å². The van der Waals surface area contributed by atoms with Crippen molar-refractivity contribution in [2.45, 2.75) is 40.0 Å². The van der Waals surface area contributed by atoms with Crippen LogP contribution in [-0.2, 0) is 16.0 Å². The molecule has 3 aromatic rings. The van der Waals surface area contributed by atoms with E-state index >= 15 is 0 Å². The lowest BCUT2D eigenvalue weighted by Gasteiger charge is -2.23. The van der Waals surface area contributed by atoms with Gasteiger partial charge >= 0.3 is 0 Å². The maximum atomic E-state index is 13.3. The number of rotatable bonds is 10. The number of carbonyl (C=O) groups excluding carboxylic acids is 2. The van der Waals surface area contributed by atoms with E-state index in [-0.39, 0.29) is 23.9 Å². The fraction of sp³-hybridized carbons (Fsp3) is 0.400. The van der Waals surface area contributed by atoms with Crippen LogP contribution in [0.2, 0.25) is 5.02 Å². The molecule has 1 aromatic heterocycles. The maximum absolute atomic E-state index is 13.3. The Morgan fingerprint density at radius 3 is 2.68 bits per heavy atom. The third-order valence-electron chi connectivity index (χ3n) is 6.61. The molecule has 2 heterocycles. The number of ether oxygens (including phenoxy) is 1. The zero-order valence-corrected chi connectivity index (χ0v) is 24.7. The fourth-order valence-electron chi connectivity index (χ4n) is 4.57. The summed E-state index contributed by atoms with van der Waals surface area (Å²) in [7, 11) is 2.03. The molecule has 1 aliphatic rings. The van der Waals surface area contributed by atoms with Gasteiger partial charge < -0.3 is 30.0 Å². The zero-order chi connectivity index (χ0) is 29.4. The molecule has 2 aromatic carbocycles. The van der Waals surface area contributed by atoms with Gasteiger partial charge in [-0.05, 0) is 49.7 Å². The van der Waals surface area contributed by atoms with Gasteiger partial charge in [0, 0.05) is 55.3 Å². The summed E-state index contributed by atoms with van der Waals surface area (Å²) in [5.74, 6) is 0.614. The molecule has 4 rings (SSSR count). The van der Waals surface area contributed by atoms with E-state index in [1.54, 1.807) is 30.3 Å². The number of aromatic nitrogens is 2. The minimum absolute atomic E-state index is 0.126. The largest absolute Gasteiger partial charge is 0.493 e. The van der Waals surface area contributed by atoms with Gasteiger partial charge in [0.1, 0.15) is 11.4 Å². The van der Waals surface area contributed by atoms with Crippen molar-refractivity contribution in [2.75, 3.05) is 38.6 Å². The summed E-state index contributed by atoms with van der Waals surface area (Å²) in [6.45, 7) is 8.53. The second-order valence-electron chi connectivity index (χ2n) is 10.8. The van der Waals surface area contributed by atoms with Crippen LogP contribution in [0.5, 0.6) is 5.75 Å². The summed E-state index contributed by atoms with van der Waals surface area (Å²) in [4.78, 5) is 28.8. The van der Waals surface area contributed by atoms with Crippen molar-refractivity contribution in [3.8, 4) is 17.2 Å². The van der Waals surface area contributed by atoms with E-state index in [1.807, 2.05) is 46.0 Å². The van der Waals surface area contributed by atoms with Gasteiger partial charge in [0.2, 0.25) is 11.8 Å². The molecule has 2 amide bonds. The number of benzene rings is 2. The number of halogens is 1. The number of carbonyl (C=O) groups is 2. The standard InChI is InChI=1S/C30H37ClN6O4/c1-5-40-24-12-11-20(31)17-22(24)29-36-35-26(41-29)19-30(2,3)18-25(38)34-27(23-13-15-37(4)16-14-32-23)28(39)33-21-9-7-6-8-10-21/h6-12,17,32H,5,13-16,18-19H2,1-4H3,(H,33,39)(H,34,38)/b27-23+. The first-order valence-electron chi connectivity index (χ1n) is 13.7. The van der Waals surface area contributed by atoms with E-state index in [4.69, 9.17) is 20.8 Å². The van der Waals surface area contributed by atoms with Crippen LogP contribution in [0.3, 0.4) is 0 Å². The van der Waals surface area contributed by atoms with Crippen molar-refractivity contribution in [3.63, 3.8) is 0 Å². The molecule has 0 radical (unpaired) electrons. The van der Waals surface area contributed by atoms with Crippen molar-refractivity contribution in [3.05, 3.63) is 70.8 Å². The predicted molar refractivity (Wildman–Crippen MR) is 158 cm³/mol. The van der Waals surface area contributed by atoms with Crippen LogP contribution in [0.25, 0.3) is 11.5 Å². The van der Waals surface area contributed by atoms with Crippen LogP contribution in [0.1, 0.15) is 39.5 Å². The Bertz CT molecular complexity index is 1390. The number of nitrogens with one attached hydrogen (secondary N) is 3. The lowest BCUT2D eigenvalue weighted by atomic mass is 9.85. The molecular formula is C30H37ClN6O4. The number of anilines is 1. The molecule has 1 saturated heterocycles. The van der Waals surface area contributed by atoms with E-state index in [9.17, 15) is 9.59 Å². The molecule has 1 aliphatic heterocycles. The maximum Gasteiger partial charge on any atom is 0.273 e. The van der Waals surface area contributed by atoms with Crippen LogP contribution in [0.4, 0.5) is 5.69 Å². The molecule has 0 unspecified atom stereocenters. The third-order valence-corrected chi connectivity index (χ3v) is 6.84. The van der Waals surface area contributed by atoms with Gasteiger partial charge in [-0.3, -0.25) is 9.59 Å². The van der Waals surface area contributed by atoms with E-state index in [1.165, 1.54) is 0 Å². The molecule has 1 fully saturated rings.